The number of carboxylic acid groups (broad SMARTS) is 1. The Morgan fingerprint density at radius 2 is 0.808 bits per heavy atom. The van der Waals surface area contributed by atoms with Gasteiger partial charge in [0.2, 0.25) is 23.6 Å². The first kappa shape index (κ1) is 114. The van der Waals surface area contributed by atoms with Crippen molar-refractivity contribution in [1.82, 2.24) is 21.3 Å². The topological polar surface area (TPSA) is 649 Å². The van der Waals surface area contributed by atoms with Crippen molar-refractivity contribution in [2.24, 2.45) is 0 Å². The van der Waals surface area contributed by atoms with Gasteiger partial charge in [0.15, 0.2) is 31.5 Å². The molecule has 0 radical (unpaired) electrons. The highest BCUT2D eigenvalue weighted by atomic mass is 16.8. The highest BCUT2D eigenvalue weighted by Crippen LogP contribution is 2.42. The third-order valence-electron chi connectivity index (χ3n) is 24.9. The molecule has 6 heterocycles. The number of nitrogens with one attached hydrogen (secondary N) is 4. The first-order valence-electron chi connectivity index (χ1n) is 47.4. The van der Waals surface area contributed by atoms with Crippen molar-refractivity contribution in [1.29, 1.82) is 0 Å². The molecular weight excluding hydrogens is 1720 g/mol. The van der Waals surface area contributed by atoms with E-state index in [4.69, 9.17) is 56.8 Å². The molecule has 130 heavy (non-hydrogen) atoms. The van der Waals surface area contributed by atoms with Crippen LogP contribution < -0.4 is 21.3 Å². The maximum atomic E-state index is 13.8. The van der Waals surface area contributed by atoms with E-state index in [1.807, 2.05) is 6.08 Å². The Hall–Kier alpha value is -4.41. The van der Waals surface area contributed by atoms with E-state index in [0.29, 0.717) is 12.8 Å². The van der Waals surface area contributed by atoms with Gasteiger partial charge in [-0.2, -0.15) is 0 Å². The molecule has 4 amide bonds. The third kappa shape index (κ3) is 35.9. The molecule has 0 spiro atoms. The normalized spacial score (nSPS) is 34.2. The van der Waals surface area contributed by atoms with Gasteiger partial charge in [-0.1, -0.05) is 205 Å². The minimum absolute atomic E-state index is 0.150. The lowest BCUT2D eigenvalue weighted by molar-refractivity contribution is -0.400. The molecule has 41 heteroatoms. The molecule has 0 aromatic carbocycles. The molecule has 0 aromatic rings. The monoisotopic (exact) mass is 1880 g/mol. The summed E-state index contributed by atoms with van der Waals surface area (Å²) in [6.07, 6.45) is -14.0. The number of amides is 4. The molecular formula is C89H158N4O37. The number of carboxylic acids is 1. The highest BCUT2D eigenvalue weighted by Gasteiger charge is 2.63. The SMILES string of the molecule is CCCCCCCC/C=C\CCCCCCCCCCCCCCCC(=O)N[C@@H](CO[C@@H]1OC(CO)[C@@H](O[C@@H]2OC(CO)[C@H](O[C@@H]3OC(CO)[C@H](O)[C@H](O[C@@H]4OC(CO)[C@H](O[C@@H]5OC(CO)[C@H](O)[C@H](O)C5NC(C)=O)[C@H](O[C@]5(C(=O)O)CC(O)[C@@H](NC(=O)CO)C([C@H](O)[C@H](O)CO)O5)C4O)C3NC(C)=O)[C@H](O)C2O)[C@H](O)C1O)[C@H](O)/C=C/CCCCCCCCCCCCC. The number of ether oxygens (including phenoxy) is 12. The maximum absolute atomic E-state index is 13.8. The Balaban J connectivity index is 1.14. The molecule has 12 unspecified atom stereocenters. The Kier molecular flexibility index (Phi) is 54.3. The molecule has 6 fully saturated rings. The van der Waals surface area contributed by atoms with Crippen LogP contribution in [0.1, 0.15) is 252 Å². The van der Waals surface area contributed by atoms with Crippen LogP contribution in [0.25, 0.3) is 0 Å². The first-order chi connectivity index (χ1) is 62.4. The summed E-state index contributed by atoms with van der Waals surface area (Å²) in [5, 5.41) is 234. The fourth-order valence-electron chi connectivity index (χ4n) is 17.3. The van der Waals surface area contributed by atoms with Gasteiger partial charge in [0.05, 0.1) is 70.5 Å². The van der Waals surface area contributed by atoms with Gasteiger partial charge in [-0.05, 0) is 44.9 Å². The summed E-state index contributed by atoms with van der Waals surface area (Å²) in [5.74, 6) is -9.19. The van der Waals surface area contributed by atoms with E-state index in [0.717, 1.165) is 71.6 Å². The number of aliphatic carboxylic acids is 1. The van der Waals surface area contributed by atoms with Crippen molar-refractivity contribution in [3.05, 3.63) is 24.3 Å². The number of hydrogen-bond acceptors (Lipinski definition) is 36. The summed E-state index contributed by atoms with van der Waals surface area (Å²) in [7, 11) is 0. The van der Waals surface area contributed by atoms with E-state index < -0.39 is 285 Å². The molecule has 0 bridgehead atoms. The van der Waals surface area contributed by atoms with Crippen molar-refractivity contribution in [2.45, 2.75) is 454 Å². The molecule has 6 rings (SSSR count). The summed E-state index contributed by atoms with van der Waals surface area (Å²) in [6, 6.07) is -6.89. The molecule has 0 aromatic heterocycles. The van der Waals surface area contributed by atoms with E-state index in [2.05, 4.69) is 47.3 Å². The number of aliphatic hydroxyl groups is 19. The Morgan fingerprint density at radius 1 is 0.408 bits per heavy atom. The molecule has 33 atom stereocenters. The summed E-state index contributed by atoms with van der Waals surface area (Å²) in [5.41, 5.74) is 0. The summed E-state index contributed by atoms with van der Waals surface area (Å²) < 4.78 is 72.2. The highest BCUT2D eigenvalue weighted by molar-refractivity contribution is 5.78. The van der Waals surface area contributed by atoms with E-state index in [-0.39, 0.29) is 12.3 Å². The summed E-state index contributed by atoms with van der Waals surface area (Å²) in [6.45, 7) is -2.27. The Labute approximate surface area is 762 Å². The van der Waals surface area contributed by atoms with Crippen LogP contribution in [0.5, 0.6) is 0 Å². The summed E-state index contributed by atoms with van der Waals surface area (Å²) in [4.78, 5) is 66.0. The van der Waals surface area contributed by atoms with Crippen LogP contribution in [0, 0.1) is 0 Å². The van der Waals surface area contributed by atoms with Gasteiger partial charge in [0.25, 0.3) is 5.79 Å². The fourth-order valence-corrected chi connectivity index (χ4v) is 17.3. The van der Waals surface area contributed by atoms with Crippen LogP contribution in [0.15, 0.2) is 24.3 Å². The standard InChI is InChI=1S/C89H158N4O37/c1-5-7-9-11-13-15-17-19-20-21-22-23-24-25-26-27-28-30-32-34-36-38-40-42-63(106)92-54(55(103)41-39-37-35-33-31-29-18-16-14-12-10-8-6-2)51-119-85-74(114)72(112)78(60(47-97)122-85)126-86-75(115)73(113)77(61(48-98)123-86)125-84-67(91-53(4)102)80(70(110)59(46-96)121-84)128-87-76(116)82(79(62(49-99)124-87)127-83-66(90-52(3)101)71(111)69(109)58(45-95)120-83)130-89(88(117)118)43-56(104)65(93-64(107)50-100)81(129-89)68(108)57(105)44-94/h19-20,39,41,54-62,65-87,94-100,103-105,108-116H,5-18,21-38,40,42-51H2,1-4H3,(H,90,101)(H,91,102)(H,92,106)(H,93,107)(H,117,118)/b20-19-,41-39+/t54-,55+,56?,57+,58?,59?,60?,61?,62?,65+,66?,67?,68+,69-,70-,71+,72+,73+,74?,75?,76?,77-,78+,79-,80+,81?,82+,83-,84-,85+,86-,87-,89-/m0/s1. The molecule has 0 saturated carbocycles. The Bertz CT molecular complexity index is 3180. The number of carbonyl (C=O) groups excluding carboxylic acids is 4. The van der Waals surface area contributed by atoms with E-state index in [9.17, 15) is 126 Å². The van der Waals surface area contributed by atoms with E-state index in [1.54, 1.807) is 6.08 Å². The third-order valence-corrected chi connectivity index (χ3v) is 24.9. The Morgan fingerprint density at radius 3 is 1.28 bits per heavy atom. The van der Waals surface area contributed by atoms with Gasteiger partial charge in [-0.15, -0.1) is 0 Å². The first-order valence-corrected chi connectivity index (χ1v) is 47.4. The van der Waals surface area contributed by atoms with Crippen LogP contribution in [-0.2, 0) is 80.8 Å². The van der Waals surface area contributed by atoms with Crippen LogP contribution in [0.4, 0.5) is 0 Å². The molecule has 24 N–H and O–H groups in total. The van der Waals surface area contributed by atoms with Gasteiger partial charge in [0, 0.05) is 26.7 Å². The van der Waals surface area contributed by atoms with Gasteiger partial charge < -0.3 is 180 Å². The number of carbonyl (C=O) groups is 5. The number of hydrogen-bond donors (Lipinski definition) is 24. The van der Waals surface area contributed by atoms with E-state index >= 15 is 0 Å². The van der Waals surface area contributed by atoms with Crippen molar-refractivity contribution in [2.75, 3.05) is 52.9 Å². The second kappa shape index (κ2) is 61.7. The molecule has 41 nitrogen and oxygen atoms in total. The fraction of sp³-hybridized carbons (Fsp3) is 0.899. The summed E-state index contributed by atoms with van der Waals surface area (Å²) >= 11 is 0. The lowest BCUT2D eigenvalue weighted by atomic mass is 9.88. The molecule has 6 saturated heterocycles. The lowest BCUT2D eigenvalue weighted by Gasteiger charge is -2.53. The van der Waals surface area contributed by atoms with Crippen LogP contribution in [0.2, 0.25) is 0 Å². The average molecular weight is 1880 g/mol. The van der Waals surface area contributed by atoms with Gasteiger partial charge >= 0.3 is 5.97 Å². The van der Waals surface area contributed by atoms with Crippen LogP contribution >= 0.6 is 0 Å². The molecule has 756 valence electrons. The number of aliphatic hydroxyl groups excluding tert-OH is 19. The molecule has 6 aliphatic rings. The number of allylic oxidation sites excluding steroid dienone is 3. The predicted octanol–water partition coefficient (Wildman–Crippen LogP) is -1.21. The predicted molar refractivity (Wildman–Crippen MR) is 461 cm³/mol. The minimum atomic E-state index is -3.48. The lowest BCUT2D eigenvalue weighted by Crippen LogP contribution is -2.72. The average Bonchev–Trinajstić information content (AvgIpc) is 0.747. The second-order valence-electron chi connectivity index (χ2n) is 35.3. The van der Waals surface area contributed by atoms with Crippen molar-refractivity contribution >= 4 is 29.6 Å². The zero-order valence-electron chi connectivity index (χ0n) is 76.1. The van der Waals surface area contributed by atoms with Crippen LogP contribution in [-0.4, -0.2) is 386 Å². The van der Waals surface area contributed by atoms with Crippen LogP contribution in [0.3, 0.4) is 0 Å². The quantitative estimate of drug-likeness (QED) is 0.0251. The van der Waals surface area contributed by atoms with Crippen molar-refractivity contribution < 1.29 is 183 Å². The number of rotatable bonds is 64. The largest absolute Gasteiger partial charge is 0.477 e. The second-order valence-corrected chi connectivity index (χ2v) is 35.3. The molecule has 0 aliphatic carbocycles. The zero-order valence-corrected chi connectivity index (χ0v) is 76.1. The number of unbranched alkanes of at least 4 members (excludes halogenated alkanes) is 30. The zero-order chi connectivity index (χ0) is 95.4. The molecule has 6 aliphatic heterocycles. The van der Waals surface area contributed by atoms with E-state index in [1.165, 1.54) is 141 Å². The van der Waals surface area contributed by atoms with Crippen molar-refractivity contribution in [3.8, 4) is 0 Å². The van der Waals surface area contributed by atoms with Gasteiger partial charge in [-0.3, -0.25) is 19.2 Å². The minimum Gasteiger partial charge on any atom is -0.477 e. The van der Waals surface area contributed by atoms with Crippen molar-refractivity contribution in [3.63, 3.8) is 0 Å². The van der Waals surface area contributed by atoms with Gasteiger partial charge in [-0.25, -0.2) is 4.79 Å². The smallest absolute Gasteiger partial charge is 0.364 e. The maximum Gasteiger partial charge on any atom is 0.364 e. The van der Waals surface area contributed by atoms with Gasteiger partial charge in [0.1, 0.15) is 147 Å².